The van der Waals surface area contributed by atoms with Crippen molar-refractivity contribution in [3.05, 3.63) is 35.4 Å². The topological polar surface area (TPSA) is 95.9 Å². The second kappa shape index (κ2) is 9.12. The molecule has 0 aliphatic rings. The van der Waals surface area contributed by atoms with Crippen LogP contribution in [0.3, 0.4) is 0 Å². The summed E-state index contributed by atoms with van der Waals surface area (Å²) in [5, 5.41) is 11.4. The van der Waals surface area contributed by atoms with E-state index >= 15 is 0 Å². The van der Waals surface area contributed by atoms with Gasteiger partial charge in [-0.05, 0) is 39.3 Å². The zero-order valence-electron chi connectivity index (χ0n) is 14.8. The molecule has 26 heavy (non-hydrogen) atoms. The number of hydrogen-bond donors (Lipinski definition) is 2. The second-order valence-corrected chi connectivity index (χ2v) is 6.53. The van der Waals surface area contributed by atoms with Crippen molar-refractivity contribution in [1.82, 2.24) is 10.2 Å². The molecule has 0 fully saturated rings. The molecule has 0 saturated carbocycles. The van der Waals surface area contributed by atoms with Gasteiger partial charge in [-0.25, -0.2) is 13.6 Å². The SMILES string of the molecule is CC(C)(C)OC(=O)NCCCN(CC(=O)O)C(=O)c1ccc(F)cc1F. The van der Waals surface area contributed by atoms with Gasteiger partial charge in [0.15, 0.2) is 0 Å². The van der Waals surface area contributed by atoms with Gasteiger partial charge in [-0.3, -0.25) is 9.59 Å². The zero-order chi connectivity index (χ0) is 19.9. The molecular formula is C17H22F2N2O5. The molecule has 0 spiro atoms. The Labute approximate surface area is 149 Å². The molecule has 0 heterocycles. The number of hydrogen-bond acceptors (Lipinski definition) is 4. The molecule has 2 N–H and O–H groups in total. The minimum absolute atomic E-state index is 0.0439. The third kappa shape index (κ3) is 7.45. The van der Waals surface area contributed by atoms with E-state index in [0.717, 1.165) is 17.0 Å². The Morgan fingerprint density at radius 3 is 2.42 bits per heavy atom. The Hall–Kier alpha value is -2.71. The monoisotopic (exact) mass is 372 g/mol. The largest absolute Gasteiger partial charge is 0.480 e. The van der Waals surface area contributed by atoms with E-state index in [9.17, 15) is 23.2 Å². The quantitative estimate of drug-likeness (QED) is 0.717. The van der Waals surface area contributed by atoms with E-state index in [2.05, 4.69) is 5.32 Å². The molecule has 0 atom stereocenters. The van der Waals surface area contributed by atoms with Crippen LogP contribution in [0.15, 0.2) is 18.2 Å². The lowest BCUT2D eigenvalue weighted by Crippen LogP contribution is -2.39. The average molecular weight is 372 g/mol. The summed E-state index contributed by atoms with van der Waals surface area (Å²) in [5.74, 6) is -4.06. The summed E-state index contributed by atoms with van der Waals surface area (Å²) in [6, 6.07) is 2.43. The number of nitrogens with one attached hydrogen (secondary N) is 1. The van der Waals surface area contributed by atoms with E-state index in [-0.39, 0.29) is 19.5 Å². The summed E-state index contributed by atoms with van der Waals surface area (Å²) < 4.78 is 31.7. The molecule has 1 aromatic rings. The zero-order valence-corrected chi connectivity index (χ0v) is 14.8. The Balaban J connectivity index is 2.65. The maximum atomic E-state index is 13.7. The minimum atomic E-state index is -1.28. The molecule has 0 aromatic heterocycles. The number of halogens is 2. The Morgan fingerprint density at radius 2 is 1.88 bits per heavy atom. The van der Waals surface area contributed by atoms with Crippen molar-refractivity contribution < 1.29 is 33.0 Å². The number of carboxylic acids is 1. The third-order valence-corrected chi connectivity index (χ3v) is 3.05. The van der Waals surface area contributed by atoms with Crippen molar-refractivity contribution in [3.63, 3.8) is 0 Å². The van der Waals surface area contributed by atoms with Crippen LogP contribution in [0.1, 0.15) is 37.6 Å². The fraction of sp³-hybridized carbons (Fsp3) is 0.471. The van der Waals surface area contributed by atoms with Crippen LogP contribution in [0.25, 0.3) is 0 Å². The van der Waals surface area contributed by atoms with Crippen molar-refractivity contribution >= 4 is 18.0 Å². The first-order chi connectivity index (χ1) is 12.0. The first-order valence-electron chi connectivity index (χ1n) is 7.92. The van der Waals surface area contributed by atoms with Gasteiger partial charge in [-0.1, -0.05) is 0 Å². The molecule has 0 radical (unpaired) electrons. The average Bonchev–Trinajstić information content (AvgIpc) is 2.47. The molecule has 9 heteroatoms. The Morgan fingerprint density at radius 1 is 1.23 bits per heavy atom. The molecule has 0 aliphatic carbocycles. The Bertz CT molecular complexity index is 674. The van der Waals surface area contributed by atoms with E-state index in [1.54, 1.807) is 20.8 Å². The summed E-state index contributed by atoms with van der Waals surface area (Å²) in [6.07, 6.45) is -0.417. The van der Waals surface area contributed by atoms with E-state index in [1.807, 2.05) is 0 Å². The van der Waals surface area contributed by atoms with Gasteiger partial charge in [0.2, 0.25) is 0 Å². The minimum Gasteiger partial charge on any atom is -0.480 e. The van der Waals surface area contributed by atoms with Crippen LogP contribution in [0.2, 0.25) is 0 Å². The fourth-order valence-electron chi connectivity index (χ4n) is 2.02. The summed E-state index contributed by atoms with van der Waals surface area (Å²) in [4.78, 5) is 35.7. The molecule has 1 aromatic carbocycles. The third-order valence-electron chi connectivity index (χ3n) is 3.05. The molecule has 0 aliphatic heterocycles. The predicted octanol–water partition coefficient (Wildman–Crippen LogP) is 2.41. The van der Waals surface area contributed by atoms with E-state index in [0.29, 0.717) is 6.07 Å². The van der Waals surface area contributed by atoms with Crippen molar-refractivity contribution in [2.45, 2.75) is 32.8 Å². The fourth-order valence-corrected chi connectivity index (χ4v) is 2.02. The van der Waals surface area contributed by atoms with Crippen molar-refractivity contribution in [2.24, 2.45) is 0 Å². The van der Waals surface area contributed by atoms with E-state index in [4.69, 9.17) is 9.84 Å². The van der Waals surface area contributed by atoms with Gasteiger partial charge in [-0.2, -0.15) is 0 Å². The smallest absolute Gasteiger partial charge is 0.407 e. The van der Waals surface area contributed by atoms with Crippen LogP contribution >= 0.6 is 0 Å². The molecule has 7 nitrogen and oxygen atoms in total. The highest BCUT2D eigenvalue weighted by Gasteiger charge is 2.22. The van der Waals surface area contributed by atoms with Crippen LogP contribution in [0, 0.1) is 11.6 Å². The van der Waals surface area contributed by atoms with Gasteiger partial charge in [-0.15, -0.1) is 0 Å². The highest BCUT2D eigenvalue weighted by Crippen LogP contribution is 2.13. The maximum absolute atomic E-state index is 13.7. The number of ether oxygens (including phenoxy) is 1. The number of carbonyl (C=O) groups excluding carboxylic acids is 2. The molecule has 144 valence electrons. The van der Waals surface area contributed by atoms with Crippen molar-refractivity contribution in [1.29, 1.82) is 0 Å². The highest BCUT2D eigenvalue weighted by atomic mass is 19.1. The number of amides is 2. The molecule has 2 amide bonds. The summed E-state index contributed by atoms with van der Waals surface area (Å²) in [6.45, 7) is 4.55. The number of benzene rings is 1. The molecule has 1 rings (SSSR count). The van der Waals surface area contributed by atoms with Crippen LogP contribution in [0.5, 0.6) is 0 Å². The van der Waals surface area contributed by atoms with Crippen molar-refractivity contribution in [2.75, 3.05) is 19.6 Å². The lowest BCUT2D eigenvalue weighted by Gasteiger charge is -2.22. The molecule has 0 saturated heterocycles. The normalized spacial score (nSPS) is 11.0. The lowest BCUT2D eigenvalue weighted by molar-refractivity contribution is -0.137. The molecular weight excluding hydrogens is 350 g/mol. The second-order valence-electron chi connectivity index (χ2n) is 6.53. The van der Waals surface area contributed by atoms with Gasteiger partial charge in [0.25, 0.3) is 5.91 Å². The van der Waals surface area contributed by atoms with Gasteiger partial charge >= 0.3 is 12.1 Å². The van der Waals surface area contributed by atoms with Gasteiger partial charge in [0.1, 0.15) is 23.8 Å². The summed E-state index contributed by atoms with van der Waals surface area (Å²) in [5.41, 5.74) is -1.08. The summed E-state index contributed by atoms with van der Waals surface area (Å²) >= 11 is 0. The summed E-state index contributed by atoms with van der Waals surface area (Å²) in [7, 11) is 0. The van der Waals surface area contributed by atoms with Crippen LogP contribution in [0.4, 0.5) is 13.6 Å². The Kier molecular flexibility index (Phi) is 7.48. The van der Waals surface area contributed by atoms with Crippen molar-refractivity contribution in [3.8, 4) is 0 Å². The van der Waals surface area contributed by atoms with Gasteiger partial charge in [0, 0.05) is 19.2 Å². The number of rotatable bonds is 7. The van der Waals surface area contributed by atoms with Crippen LogP contribution in [-0.2, 0) is 9.53 Å². The first-order valence-corrected chi connectivity index (χ1v) is 7.92. The van der Waals surface area contributed by atoms with E-state index < -0.39 is 47.3 Å². The van der Waals surface area contributed by atoms with Gasteiger partial charge < -0.3 is 20.1 Å². The number of carbonyl (C=O) groups is 3. The highest BCUT2D eigenvalue weighted by molar-refractivity contribution is 5.96. The molecule has 0 unspecified atom stereocenters. The maximum Gasteiger partial charge on any atom is 0.407 e. The van der Waals surface area contributed by atoms with Crippen LogP contribution < -0.4 is 5.32 Å². The number of carboxylic acid groups (broad SMARTS) is 1. The van der Waals surface area contributed by atoms with Gasteiger partial charge in [0.05, 0.1) is 5.56 Å². The first kappa shape index (κ1) is 21.3. The molecule has 0 bridgehead atoms. The standard InChI is InChI=1S/C17H22F2N2O5/c1-17(2,3)26-16(25)20-7-4-8-21(10-14(22)23)15(24)12-6-5-11(18)9-13(12)19/h5-6,9H,4,7-8,10H2,1-3H3,(H,20,25)(H,22,23). The van der Waals surface area contributed by atoms with Crippen LogP contribution in [-0.4, -0.2) is 53.2 Å². The number of alkyl carbamates (subject to hydrolysis) is 1. The lowest BCUT2D eigenvalue weighted by atomic mass is 10.1. The number of aliphatic carboxylic acids is 1. The number of nitrogens with zero attached hydrogens (tertiary/aromatic N) is 1. The predicted molar refractivity (Wildman–Crippen MR) is 88.8 cm³/mol. The van der Waals surface area contributed by atoms with E-state index in [1.165, 1.54) is 0 Å².